The van der Waals surface area contributed by atoms with Gasteiger partial charge in [-0.05, 0) is 24.6 Å². The van der Waals surface area contributed by atoms with E-state index in [0.29, 0.717) is 16.3 Å². The molecule has 0 saturated carbocycles. The van der Waals surface area contributed by atoms with Gasteiger partial charge in [0.25, 0.3) is 0 Å². The third-order valence-corrected chi connectivity index (χ3v) is 2.38. The molecule has 0 heterocycles. The molecule has 78 valence electrons. The van der Waals surface area contributed by atoms with Crippen molar-refractivity contribution in [2.24, 2.45) is 0 Å². The molecule has 0 amide bonds. The topological polar surface area (TPSA) is 50.1 Å². The number of rotatable bonds is 3. The van der Waals surface area contributed by atoms with E-state index < -0.39 is 5.92 Å². The van der Waals surface area contributed by atoms with Gasteiger partial charge in [0.05, 0.1) is 13.2 Å². The van der Waals surface area contributed by atoms with Crippen molar-refractivity contribution in [3.63, 3.8) is 0 Å². The van der Waals surface area contributed by atoms with E-state index in [2.05, 4.69) is 0 Å². The summed E-state index contributed by atoms with van der Waals surface area (Å²) in [6, 6.07) is 6.82. The summed E-state index contributed by atoms with van der Waals surface area (Å²) < 4.78 is 4.97. The number of ketones is 1. The Morgan fingerprint density at radius 1 is 1.60 bits per heavy atom. The molecule has 0 spiro atoms. The maximum atomic E-state index is 11.2. The predicted octanol–water partition coefficient (Wildman–Crippen LogP) is 2.54. The van der Waals surface area contributed by atoms with Gasteiger partial charge in [-0.15, -0.1) is 0 Å². The predicted molar refractivity (Wildman–Crippen MR) is 57.0 cm³/mol. The summed E-state index contributed by atoms with van der Waals surface area (Å²) in [6.07, 6.45) is 0. The van der Waals surface area contributed by atoms with Gasteiger partial charge in [0.1, 0.15) is 11.7 Å². The first-order chi connectivity index (χ1) is 7.10. The van der Waals surface area contributed by atoms with E-state index >= 15 is 0 Å². The van der Waals surface area contributed by atoms with E-state index in [9.17, 15) is 4.79 Å². The molecule has 15 heavy (non-hydrogen) atoms. The van der Waals surface area contributed by atoms with Gasteiger partial charge < -0.3 is 4.74 Å². The van der Waals surface area contributed by atoms with Crippen LogP contribution >= 0.6 is 11.6 Å². The Morgan fingerprint density at radius 2 is 2.27 bits per heavy atom. The maximum absolute atomic E-state index is 11.2. The van der Waals surface area contributed by atoms with Gasteiger partial charge >= 0.3 is 0 Å². The minimum Gasteiger partial charge on any atom is -0.497 e. The van der Waals surface area contributed by atoms with E-state index in [0.717, 1.165) is 0 Å². The molecule has 1 rings (SSSR count). The first-order valence-electron chi connectivity index (χ1n) is 4.33. The quantitative estimate of drug-likeness (QED) is 0.791. The summed E-state index contributed by atoms with van der Waals surface area (Å²) >= 11 is 5.94. The number of methoxy groups -OCH3 is 1. The summed E-state index contributed by atoms with van der Waals surface area (Å²) in [4.78, 5) is 11.2. The van der Waals surface area contributed by atoms with Crippen LogP contribution in [0.15, 0.2) is 18.2 Å². The average Bonchev–Trinajstić information content (AvgIpc) is 2.20. The number of carbonyl (C=O) groups is 1. The van der Waals surface area contributed by atoms with Crippen LogP contribution in [0.4, 0.5) is 0 Å². The van der Waals surface area contributed by atoms with Crippen LogP contribution in [0.2, 0.25) is 5.02 Å². The van der Waals surface area contributed by atoms with Crippen molar-refractivity contribution in [3.8, 4) is 11.8 Å². The molecular formula is C11H10ClNO2. The minimum atomic E-state index is -0.802. The molecule has 0 aliphatic rings. The molecule has 0 aliphatic carbocycles. The molecule has 0 aromatic heterocycles. The van der Waals surface area contributed by atoms with Gasteiger partial charge in [-0.1, -0.05) is 17.7 Å². The molecular weight excluding hydrogens is 214 g/mol. The highest BCUT2D eigenvalue weighted by Crippen LogP contribution is 2.28. The van der Waals surface area contributed by atoms with Crippen molar-refractivity contribution in [1.29, 1.82) is 5.26 Å². The van der Waals surface area contributed by atoms with Crippen LogP contribution in [0.3, 0.4) is 0 Å². The lowest BCUT2D eigenvalue weighted by Gasteiger charge is -2.09. The molecule has 0 unspecified atom stereocenters. The van der Waals surface area contributed by atoms with Gasteiger partial charge in [0.15, 0.2) is 5.78 Å². The summed E-state index contributed by atoms with van der Waals surface area (Å²) in [5.41, 5.74) is 0.521. The lowest BCUT2D eigenvalue weighted by atomic mass is 9.97. The number of halogens is 1. The van der Waals surface area contributed by atoms with Crippen molar-refractivity contribution < 1.29 is 9.53 Å². The Balaban J connectivity index is 3.16. The zero-order valence-corrected chi connectivity index (χ0v) is 9.21. The van der Waals surface area contributed by atoms with Crippen LogP contribution in [0.5, 0.6) is 5.75 Å². The zero-order valence-electron chi connectivity index (χ0n) is 8.45. The molecule has 0 aliphatic heterocycles. The van der Waals surface area contributed by atoms with E-state index in [1.807, 2.05) is 6.07 Å². The highest BCUT2D eigenvalue weighted by atomic mass is 35.5. The average molecular weight is 224 g/mol. The number of benzene rings is 1. The fourth-order valence-corrected chi connectivity index (χ4v) is 1.53. The van der Waals surface area contributed by atoms with E-state index in [1.54, 1.807) is 18.2 Å². The monoisotopic (exact) mass is 223 g/mol. The third-order valence-electron chi connectivity index (χ3n) is 2.05. The van der Waals surface area contributed by atoms with Crippen LogP contribution in [-0.2, 0) is 4.79 Å². The number of ether oxygens (including phenoxy) is 1. The third kappa shape index (κ3) is 2.48. The normalized spacial score (nSPS) is 11.6. The first kappa shape index (κ1) is 11.5. The second-order valence-electron chi connectivity index (χ2n) is 3.06. The fourth-order valence-electron chi connectivity index (χ4n) is 1.25. The van der Waals surface area contributed by atoms with E-state index in [4.69, 9.17) is 21.6 Å². The lowest BCUT2D eigenvalue weighted by molar-refractivity contribution is -0.117. The number of hydrogen-bond donors (Lipinski definition) is 0. The zero-order chi connectivity index (χ0) is 11.4. The van der Waals surface area contributed by atoms with Crippen LogP contribution in [-0.4, -0.2) is 12.9 Å². The molecule has 3 nitrogen and oxygen atoms in total. The molecule has 0 radical (unpaired) electrons. The number of nitrogens with zero attached hydrogens (tertiary/aromatic N) is 1. The summed E-state index contributed by atoms with van der Waals surface area (Å²) in [5.74, 6) is -0.419. The van der Waals surface area contributed by atoms with Crippen molar-refractivity contribution in [2.75, 3.05) is 7.11 Å². The SMILES string of the molecule is COc1ccc([C@@H](C#N)C(C)=O)c(Cl)c1. The van der Waals surface area contributed by atoms with Crippen LogP contribution in [0.1, 0.15) is 18.4 Å². The van der Waals surface area contributed by atoms with Crippen LogP contribution in [0.25, 0.3) is 0 Å². The Labute approximate surface area is 93.2 Å². The maximum Gasteiger partial charge on any atom is 0.151 e. The Kier molecular flexibility index (Phi) is 3.70. The van der Waals surface area contributed by atoms with E-state index in [-0.39, 0.29) is 5.78 Å². The standard InChI is InChI=1S/C11H10ClNO2/c1-7(14)10(6-13)9-4-3-8(15-2)5-11(9)12/h3-5,10H,1-2H3/t10-/m0/s1. The number of Topliss-reactive ketones (excluding diaryl/α,β-unsaturated/α-hetero) is 1. The first-order valence-corrected chi connectivity index (χ1v) is 4.71. The molecule has 0 fully saturated rings. The molecule has 0 N–H and O–H groups in total. The van der Waals surface area contributed by atoms with Crippen molar-refractivity contribution in [1.82, 2.24) is 0 Å². The summed E-state index contributed by atoms with van der Waals surface area (Å²) in [5, 5.41) is 9.21. The minimum absolute atomic E-state index is 0.218. The summed E-state index contributed by atoms with van der Waals surface area (Å²) in [7, 11) is 1.53. The number of hydrogen-bond acceptors (Lipinski definition) is 3. The van der Waals surface area contributed by atoms with Crippen molar-refractivity contribution >= 4 is 17.4 Å². The Morgan fingerprint density at radius 3 is 2.67 bits per heavy atom. The van der Waals surface area contributed by atoms with Gasteiger partial charge in [-0.25, -0.2) is 0 Å². The summed E-state index contributed by atoms with van der Waals surface area (Å²) in [6.45, 7) is 1.37. The fraction of sp³-hybridized carbons (Fsp3) is 0.273. The highest BCUT2D eigenvalue weighted by molar-refractivity contribution is 6.31. The molecule has 1 aromatic rings. The van der Waals surface area contributed by atoms with Crippen LogP contribution in [0, 0.1) is 11.3 Å². The van der Waals surface area contributed by atoms with Gasteiger partial charge in [0.2, 0.25) is 0 Å². The van der Waals surface area contributed by atoms with Gasteiger partial charge in [0, 0.05) is 5.02 Å². The molecule has 4 heteroatoms. The molecule has 1 atom stereocenters. The van der Waals surface area contributed by atoms with Crippen molar-refractivity contribution in [2.45, 2.75) is 12.8 Å². The van der Waals surface area contributed by atoms with Crippen molar-refractivity contribution in [3.05, 3.63) is 28.8 Å². The largest absolute Gasteiger partial charge is 0.497 e. The highest BCUT2D eigenvalue weighted by Gasteiger charge is 2.18. The van der Waals surface area contributed by atoms with E-state index in [1.165, 1.54) is 14.0 Å². The number of nitriles is 1. The smallest absolute Gasteiger partial charge is 0.151 e. The Bertz CT molecular complexity index is 423. The number of carbonyl (C=O) groups excluding carboxylic acids is 1. The molecule has 0 saturated heterocycles. The Hall–Kier alpha value is -1.53. The second-order valence-corrected chi connectivity index (χ2v) is 3.47. The van der Waals surface area contributed by atoms with Gasteiger partial charge in [-0.2, -0.15) is 5.26 Å². The lowest BCUT2D eigenvalue weighted by Crippen LogP contribution is -2.06. The van der Waals surface area contributed by atoms with Gasteiger partial charge in [-0.3, -0.25) is 4.79 Å². The molecule has 0 bridgehead atoms. The molecule has 1 aromatic carbocycles. The second kappa shape index (κ2) is 4.81. The van der Waals surface area contributed by atoms with Crippen LogP contribution < -0.4 is 4.74 Å².